The standard InChI is InChI=1S/C22H22N2O2/c1-14-11-15-5-3-4-6-20(15)24(14)21(25)22(9-10-22)18-13-23-19-8-7-16(26-2)12-17(18)19/h3-8,12-14,23H,9-11H2,1-2H3. The number of amides is 1. The van der Waals surface area contributed by atoms with Gasteiger partial charge in [0, 0.05) is 28.8 Å². The molecule has 132 valence electrons. The van der Waals surface area contributed by atoms with Gasteiger partial charge < -0.3 is 14.6 Å². The van der Waals surface area contributed by atoms with Gasteiger partial charge in [0.2, 0.25) is 5.91 Å². The van der Waals surface area contributed by atoms with Crippen LogP contribution in [0, 0.1) is 0 Å². The number of rotatable bonds is 3. The lowest BCUT2D eigenvalue weighted by atomic mass is 9.93. The van der Waals surface area contributed by atoms with Crippen LogP contribution in [0.25, 0.3) is 10.9 Å². The van der Waals surface area contributed by atoms with Gasteiger partial charge in [0.05, 0.1) is 12.5 Å². The van der Waals surface area contributed by atoms with Gasteiger partial charge >= 0.3 is 0 Å². The summed E-state index contributed by atoms with van der Waals surface area (Å²) in [5.41, 5.74) is 4.09. The number of benzene rings is 2. The van der Waals surface area contributed by atoms with Crippen molar-refractivity contribution in [1.29, 1.82) is 0 Å². The largest absolute Gasteiger partial charge is 0.497 e. The summed E-state index contributed by atoms with van der Waals surface area (Å²) in [7, 11) is 1.67. The number of anilines is 1. The highest BCUT2D eigenvalue weighted by molar-refractivity contribution is 6.07. The van der Waals surface area contributed by atoms with Crippen molar-refractivity contribution in [3.05, 3.63) is 59.8 Å². The van der Waals surface area contributed by atoms with E-state index >= 15 is 0 Å². The summed E-state index contributed by atoms with van der Waals surface area (Å²) in [5.74, 6) is 1.06. The van der Waals surface area contributed by atoms with Crippen LogP contribution in [0.1, 0.15) is 30.9 Å². The van der Waals surface area contributed by atoms with Crippen molar-refractivity contribution in [3.8, 4) is 5.75 Å². The van der Waals surface area contributed by atoms with Crippen LogP contribution in [0.4, 0.5) is 5.69 Å². The van der Waals surface area contributed by atoms with Crippen molar-refractivity contribution in [2.24, 2.45) is 0 Å². The van der Waals surface area contributed by atoms with Crippen molar-refractivity contribution in [3.63, 3.8) is 0 Å². The number of hydrogen-bond acceptors (Lipinski definition) is 2. The molecule has 1 N–H and O–H groups in total. The maximum atomic E-state index is 13.7. The number of hydrogen-bond donors (Lipinski definition) is 1. The number of carbonyl (C=O) groups is 1. The van der Waals surface area contributed by atoms with Gasteiger partial charge in [-0.2, -0.15) is 0 Å². The predicted molar refractivity (Wildman–Crippen MR) is 103 cm³/mol. The van der Waals surface area contributed by atoms with Gasteiger partial charge in [-0.25, -0.2) is 0 Å². The number of H-pyrrole nitrogens is 1. The SMILES string of the molecule is COc1ccc2[nH]cc(C3(C(=O)N4c5ccccc5CC4C)CC3)c2c1. The van der Waals surface area contributed by atoms with Gasteiger partial charge in [-0.1, -0.05) is 18.2 Å². The smallest absolute Gasteiger partial charge is 0.237 e. The third-order valence-electron chi connectivity index (χ3n) is 5.99. The number of para-hydroxylation sites is 1. The molecule has 1 aromatic heterocycles. The van der Waals surface area contributed by atoms with Crippen LogP contribution in [0.3, 0.4) is 0 Å². The van der Waals surface area contributed by atoms with Crippen molar-refractivity contribution in [1.82, 2.24) is 4.98 Å². The molecule has 0 bridgehead atoms. The zero-order valence-electron chi connectivity index (χ0n) is 15.1. The first kappa shape index (κ1) is 15.5. The molecule has 1 atom stereocenters. The second-order valence-electron chi connectivity index (χ2n) is 7.55. The van der Waals surface area contributed by atoms with Crippen LogP contribution in [0.15, 0.2) is 48.7 Å². The number of nitrogens with one attached hydrogen (secondary N) is 1. The summed E-state index contributed by atoms with van der Waals surface area (Å²) in [4.78, 5) is 19.0. The lowest BCUT2D eigenvalue weighted by Gasteiger charge is -2.28. The first-order valence-electron chi connectivity index (χ1n) is 9.21. The average molecular weight is 346 g/mol. The monoisotopic (exact) mass is 346 g/mol. The van der Waals surface area contributed by atoms with Gasteiger partial charge in [0.15, 0.2) is 0 Å². The predicted octanol–water partition coefficient (Wildman–Crippen LogP) is 4.19. The van der Waals surface area contributed by atoms with E-state index in [9.17, 15) is 4.79 Å². The third-order valence-corrected chi connectivity index (χ3v) is 5.99. The van der Waals surface area contributed by atoms with Crippen LogP contribution in [-0.2, 0) is 16.6 Å². The number of aromatic nitrogens is 1. The fraction of sp³-hybridized carbons (Fsp3) is 0.318. The second kappa shape index (κ2) is 5.37. The van der Waals surface area contributed by atoms with Crippen LogP contribution >= 0.6 is 0 Å². The molecule has 2 aliphatic rings. The Labute approximate surface area is 152 Å². The molecule has 4 nitrogen and oxygen atoms in total. The van der Waals surface area contributed by atoms with E-state index in [0.717, 1.165) is 47.2 Å². The van der Waals surface area contributed by atoms with Crippen LogP contribution < -0.4 is 9.64 Å². The molecule has 1 fully saturated rings. The summed E-state index contributed by atoms with van der Waals surface area (Å²) < 4.78 is 5.39. The maximum Gasteiger partial charge on any atom is 0.237 e. The van der Waals surface area contributed by atoms with Crippen molar-refractivity contribution < 1.29 is 9.53 Å². The van der Waals surface area contributed by atoms with Crippen LogP contribution in [-0.4, -0.2) is 24.0 Å². The number of methoxy groups -OCH3 is 1. The Bertz CT molecular complexity index is 1020. The Morgan fingerprint density at radius 1 is 1.23 bits per heavy atom. The molecule has 2 heterocycles. The van der Waals surface area contributed by atoms with E-state index in [1.807, 2.05) is 35.4 Å². The number of fused-ring (bicyclic) bond motifs is 2. The molecule has 5 rings (SSSR count). The van der Waals surface area contributed by atoms with E-state index in [-0.39, 0.29) is 11.9 Å². The molecule has 2 aromatic carbocycles. The van der Waals surface area contributed by atoms with Crippen molar-refractivity contribution in [2.45, 2.75) is 37.6 Å². The second-order valence-corrected chi connectivity index (χ2v) is 7.55. The molecule has 4 heteroatoms. The van der Waals surface area contributed by atoms with E-state index in [1.165, 1.54) is 5.56 Å². The fourth-order valence-electron chi connectivity index (χ4n) is 4.45. The molecular weight excluding hydrogens is 324 g/mol. The van der Waals surface area contributed by atoms with Crippen molar-refractivity contribution >= 4 is 22.5 Å². The Morgan fingerprint density at radius 2 is 2.04 bits per heavy atom. The highest BCUT2D eigenvalue weighted by Gasteiger charge is 2.55. The van der Waals surface area contributed by atoms with E-state index in [2.05, 4.69) is 30.1 Å². The lowest BCUT2D eigenvalue weighted by Crippen LogP contribution is -2.42. The summed E-state index contributed by atoms with van der Waals surface area (Å²) in [6.45, 7) is 2.15. The Kier molecular flexibility index (Phi) is 3.20. The normalized spacial score (nSPS) is 20.2. The van der Waals surface area contributed by atoms with E-state index < -0.39 is 5.41 Å². The molecule has 1 unspecified atom stereocenters. The molecule has 0 radical (unpaired) electrons. The van der Waals surface area contributed by atoms with E-state index in [4.69, 9.17) is 4.74 Å². The summed E-state index contributed by atoms with van der Waals surface area (Å²) >= 11 is 0. The molecule has 3 aromatic rings. The molecule has 1 aliphatic carbocycles. The quantitative estimate of drug-likeness (QED) is 0.773. The highest BCUT2D eigenvalue weighted by atomic mass is 16.5. The van der Waals surface area contributed by atoms with Crippen LogP contribution in [0.2, 0.25) is 0 Å². The molecule has 0 spiro atoms. The number of aromatic amines is 1. The minimum absolute atomic E-state index is 0.206. The molecule has 26 heavy (non-hydrogen) atoms. The van der Waals surface area contributed by atoms with E-state index in [0.29, 0.717) is 0 Å². The van der Waals surface area contributed by atoms with Crippen LogP contribution in [0.5, 0.6) is 5.75 Å². The van der Waals surface area contributed by atoms with Gasteiger partial charge in [0.1, 0.15) is 5.75 Å². The number of ether oxygens (including phenoxy) is 1. The van der Waals surface area contributed by atoms with Gasteiger partial charge in [-0.3, -0.25) is 4.79 Å². The lowest BCUT2D eigenvalue weighted by molar-refractivity contribution is -0.121. The topological polar surface area (TPSA) is 45.3 Å². The Balaban J connectivity index is 1.59. The maximum absolute atomic E-state index is 13.7. The molecule has 1 amide bonds. The molecular formula is C22H22N2O2. The summed E-state index contributed by atoms with van der Waals surface area (Å²) in [6, 6.07) is 14.5. The van der Waals surface area contributed by atoms with E-state index in [1.54, 1.807) is 7.11 Å². The Morgan fingerprint density at radius 3 is 2.81 bits per heavy atom. The zero-order chi connectivity index (χ0) is 17.9. The molecule has 1 aliphatic heterocycles. The zero-order valence-corrected chi connectivity index (χ0v) is 15.1. The van der Waals surface area contributed by atoms with Gasteiger partial charge in [-0.15, -0.1) is 0 Å². The van der Waals surface area contributed by atoms with Crippen molar-refractivity contribution in [2.75, 3.05) is 12.0 Å². The van der Waals surface area contributed by atoms with Gasteiger partial charge in [-0.05, 0) is 61.6 Å². The number of carbonyl (C=O) groups excluding carboxylic acids is 1. The third kappa shape index (κ3) is 2.05. The minimum atomic E-state index is -0.406. The minimum Gasteiger partial charge on any atom is -0.497 e. The Hall–Kier alpha value is -2.75. The highest BCUT2D eigenvalue weighted by Crippen LogP contribution is 2.53. The van der Waals surface area contributed by atoms with Gasteiger partial charge in [0.25, 0.3) is 0 Å². The summed E-state index contributed by atoms with van der Waals surface area (Å²) in [6.07, 6.45) is 4.75. The molecule has 1 saturated carbocycles. The first-order chi connectivity index (χ1) is 12.6. The fourth-order valence-corrected chi connectivity index (χ4v) is 4.45. The summed E-state index contributed by atoms with van der Waals surface area (Å²) in [5, 5.41) is 1.09. The molecule has 0 saturated heterocycles. The number of nitrogens with zero attached hydrogens (tertiary/aromatic N) is 1. The first-order valence-corrected chi connectivity index (χ1v) is 9.21. The average Bonchev–Trinajstić information content (AvgIpc) is 3.24.